The van der Waals surface area contributed by atoms with Crippen molar-refractivity contribution in [2.75, 3.05) is 10.5 Å². The summed E-state index contributed by atoms with van der Waals surface area (Å²) in [6.45, 7) is 3.57. The fourth-order valence-electron chi connectivity index (χ4n) is 1.88. The lowest BCUT2D eigenvalue weighted by Gasteiger charge is -2.14. The quantitative estimate of drug-likeness (QED) is 0.712. The van der Waals surface area contributed by atoms with Crippen LogP contribution in [0.25, 0.3) is 0 Å². The topological polar surface area (TPSA) is 72.2 Å². The van der Waals surface area contributed by atoms with Gasteiger partial charge in [-0.3, -0.25) is 4.72 Å². The molecule has 4 nitrogen and oxygen atoms in total. The molecule has 0 aliphatic rings. The summed E-state index contributed by atoms with van der Waals surface area (Å²) in [4.78, 5) is 0.169. The van der Waals surface area contributed by atoms with Gasteiger partial charge in [0, 0.05) is 14.6 Å². The zero-order chi connectivity index (χ0) is 15.8. The van der Waals surface area contributed by atoms with Gasteiger partial charge in [-0.05, 0) is 65.2 Å². The molecule has 0 fully saturated rings. The highest BCUT2D eigenvalue weighted by Gasteiger charge is 2.19. The third-order valence-corrected chi connectivity index (χ3v) is 6.15. The smallest absolute Gasteiger partial charge is 0.262 e. The van der Waals surface area contributed by atoms with Gasteiger partial charge in [0.25, 0.3) is 10.0 Å². The number of hydrogen-bond acceptors (Lipinski definition) is 3. The van der Waals surface area contributed by atoms with E-state index >= 15 is 0 Å². The van der Waals surface area contributed by atoms with E-state index in [4.69, 9.17) is 5.73 Å². The van der Waals surface area contributed by atoms with Gasteiger partial charge in [-0.25, -0.2) is 8.42 Å². The van der Waals surface area contributed by atoms with E-state index in [1.54, 1.807) is 25.1 Å². The summed E-state index contributed by atoms with van der Waals surface area (Å²) in [5.41, 5.74) is 8.15. The molecule has 0 spiro atoms. The normalized spacial score (nSPS) is 11.4. The van der Waals surface area contributed by atoms with E-state index in [9.17, 15) is 8.42 Å². The highest BCUT2D eigenvalue weighted by atomic mass is 79.9. The van der Waals surface area contributed by atoms with Gasteiger partial charge >= 0.3 is 0 Å². The number of aryl methyl sites for hydroxylation is 1. The lowest BCUT2D eigenvalue weighted by Crippen LogP contribution is -2.15. The second-order valence-electron chi connectivity index (χ2n) is 4.66. The number of benzene rings is 2. The molecular formula is C14H14Br2N2O2S. The van der Waals surface area contributed by atoms with E-state index < -0.39 is 10.0 Å². The fraction of sp³-hybridized carbons (Fsp3) is 0.143. The maximum atomic E-state index is 12.6. The third-order valence-electron chi connectivity index (χ3n) is 3.10. The molecule has 2 aromatic rings. The summed E-state index contributed by atoms with van der Waals surface area (Å²) in [6, 6.07) is 8.50. The highest BCUT2D eigenvalue weighted by molar-refractivity contribution is 9.10. The zero-order valence-electron chi connectivity index (χ0n) is 11.4. The molecule has 3 N–H and O–H groups in total. The molecule has 0 radical (unpaired) electrons. The van der Waals surface area contributed by atoms with Crippen LogP contribution < -0.4 is 10.5 Å². The second kappa shape index (κ2) is 5.98. The Morgan fingerprint density at radius 3 is 2.43 bits per heavy atom. The summed E-state index contributed by atoms with van der Waals surface area (Å²) < 4.78 is 29.2. The van der Waals surface area contributed by atoms with Gasteiger partial charge in [0.2, 0.25) is 0 Å². The molecule has 0 aromatic heterocycles. The molecule has 7 heteroatoms. The van der Waals surface area contributed by atoms with Gasteiger partial charge in [-0.15, -0.1) is 0 Å². The Balaban J connectivity index is 2.48. The first-order valence-electron chi connectivity index (χ1n) is 6.06. The van der Waals surface area contributed by atoms with Gasteiger partial charge in [-0.1, -0.05) is 22.0 Å². The van der Waals surface area contributed by atoms with Crippen molar-refractivity contribution >= 4 is 53.3 Å². The molecular weight excluding hydrogens is 420 g/mol. The van der Waals surface area contributed by atoms with Crippen LogP contribution in [0.2, 0.25) is 0 Å². The number of nitrogens with two attached hydrogens (primary N) is 1. The van der Waals surface area contributed by atoms with Crippen molar-refractivity contribution in [2.24, 2.45) is 0 Å². The fourth-order valence-corrected chi connectivity index (χ4v) is 4.09. The van der Waals surface area contributed by atoms with E-state index in [1.165, 1.54) is 6.07 Å². The molecule has 0 aliphatic heterocycles. The Kier molecular flexibility index (Phi) is 4.65. The summed E-state index contributed by atoms with van der Waals surface area (Å²) >= 11 is 6.67. The van der Waals surface area contributed by atoms with Crippen molar-refractivity contribution in [3.63, 3.8) is 0 Å². The Morgan fingerprint density at radius 1 is 1.10 bits per heavy atom. The molecule has 0 saturated heterocycles. The molecule has 0 heterocycles. The molecule has 2 aromatic carbocycles. The summed E-state index contributed by atoms with van der Waals surface area (Å²) in [5.74, 6) is 0. The lowest BCUT2D eigenvalue weighted by molar-refractivity contribution is 0.600. The number of nitrogen functional groups attached to an aromatic ring is 1. The Bertz CT molecular complexity index is 805. The van der Waals surface area contributed by atoms with Crippen molar-refractivity contribution in [3.8, 4) is 0 Å². The van der Waals surface area contributed by atoms with E-state index in [1.807, 2.05) is 13.0 Å². The van der Waals surface area contributed by atoms with E-state index in [2.05, 4.69) is 36.6 Å². The minimum absolute atomic E-state index is 0.169. The minimum Gasteiger partial charge on any atom is -0.398 e. The lowest BCUT2D eigenvalue weighted by atomic mass is 10.2. The summed E-state index contributed by atoms with van der Waals surface area (Å²) in [5, 5.41) is 0. The molecule has 0 atom stereocenters. The van der Waals surface area contributed by atoms with Crippen molar-refractivity contribution in [3.05, 3.63) is 50.4 Å². The van der Waals surface area contributed by atoms with Crippen LogP contribution in [0.3, 0.4) is 0 Å². The van der Waals surface area contributed by atoms with Crippen molar-refractivity contribution < 1.29 is 8.42 Å². The van der Waals surface area contributed by atoms with Crippen LogP contribution in [-0.2, 0) is 10.0 Å². The molecule has 0 aliphatic carbocycles. The van der Waals surface area contributed by atoms with Crippen LogP contribution >= 0.6 is 31.9 Å². The maximum absolute atomic E-state index is 12.6. The number of rotatable bonds is 3. The number of halogens is 2. The number of anilines is 2. The van der Waals surface area contributed by atoms with Gasteiger partial charge < -0.3 is 5.73 Å². The first-order valence-corrected chi connectivity index (χ1v) is 9.13. The zero-order valence-corrected chi connectivity index (χ0v) is 15.4. The molecule has 21 heavy (non-hydrogen) atoms. The van der Waals surface area contributed by atoms with Crippen LogP contribution in [0.1, 0.15) is 11.1 Å². The predicted octanol–water partition coefficient (Wildman–Crippen LogP) is 4.21. The monoisotopic (exact) mass is 432 g/mol. The molecule has 112 valence electrons. The first-order chi connectivity index (χ1) is 9.72. The van der Waals surface area contributed by atoms with E-state index in [0.29, 0.717) is 21.4 Å². The molecule has 0 saturated carbocycles. The third kappa shape index (κ3) is 3.41. The van der Waals surface area contributed by atoms with Gasteiger partial charge in [0.1, 0.15) is 0 Å². The number of nitrogens with one attached hydrogen (secondary N) is 1. The van der Waals surface area contributed by atoms with Gasteiger partial charge in [0.15, 0.2) is 0 Å². The predicted molar refractivity (Wildman–Crippen MR) is 93.0 cm³/mol. The van der Waals surface area contributed by atoms with E-state index in [0.717, 1.165) is 10.0 Å². The first kappa shape index (κ1) is 16.3. The largest absolute Gasteiger partial charge is 0.398 e. The molecule has 0 bridgehead atoms. The van der Waals surface area contributed by atoms with Crippen molar-refractivity contribution in [2.45, 2.75) is 18.7 Å². The van der Waals surface area contributed by atoms with Gasteiger partial charge in [-0.2, -0.15) is 0 Å². The van der Waals surface area contributed by atoms with Crippen LogP contribution in [0.5, 0.6) is 0 Å². The summed E-state index contributed by atoms with van der Waals surface area (Å²) in [7, 11) is -3.69. The van der Waals surface area contributed by atoms with Crippen molar-refractivity contribution in [1.29, 1.82) is 0 Å². The molecule has 0 unspecified atom stereocenters. The SMILES string of the molecule is Cc1cc(Br)c(N)cc1S(=O)(=O)Nc1cccc(Br)c1C. The minimum atomic E-state index is -3.69. The average Bonchev–Trinajstić information content (AvgIpc) is 2.39. The Morgan fingerprint density at radius 2 is 1.76 bits per heavy atom. The molecule has 2 rings (SSSR count). The van der Waals surface area contributed by atoms with Crippen LogP contribution in [0.15, 0.2) is 44.2 Å². The Hall–Kier alpha value is -1.05. The van der Waals surface area contributed by atoms with E-state index in [-0.39, 0.29) is 4.90 Å². The van der Waals surface area contributed by atoms with Crippen LogP contribution in [0.4, 0.5) is 11.4 Å². The van der Waals surface area contributed by atoms with Crippen LogP contribution in [0, 0.1) is 13.8 Å². The molecule has 0 amide bonds. The number of sulfonamides is 1. The van der Waals surface area contributed by atoms with Gasteiger partial charge in [0.05, 0.1) is 10.6 Å². The standard InChI is InChI=1S/C14H14Br2N2O2S/c1-8-6-11(16)12(17)7-14(8)21(19,20)18-13-5-3-4-10(15)9(13)2/h3-7,18H,17H2,1-2H3. The van der Waals surface area contributed by atoms with Crippen LogP contribution in [-0.4, -0.2) is 8.42 Å². The Labute approximate surface area is 141 Å². The second-order valence-corrected chi connectivity index (χ2v) is 8.02. The summed E-state index contributed by atoms with van der Waals surface area (Å²) in [6.07, 6.45) is 0. The number of hydrogen-bond donors (Lipinski definition) is 2. The highest BCUT2D eigenvalue weighted by Crippen LogP contribution is 2.30. The van der Waals surface area contributed by atoms with Crippen molar-refractivity contribution in [1.82, 2.24) is 0 Å². The maximum Gasteiger partial charge on any atom is 0.262 e. The average molecular weight is 434 g/mol.